The maximum absolute atomic E-state index is 12.1. The minimum Gasteiger partial charge on any atom is -0.507 e. The van der Waals surface area contributed by atoms with Crippen molar-refractivity contribution in [3.05, 3.63) is 5.56 Å². The molecule has 28 N–H and O–H groups in total. The average molecular weight is 1090 g/mol. The molecule has 2 aromatic heterocycles. The van der Waals surface area contributed by atoms with Crippen LogP contribution in [-0.2, 0) is 0 Å². The van der Waals surface area contributed by atoms with Crippen LogP contribution in [0.5, 0.6) is 161 Å². The number of benzene rings is 7. The molecular formula is C46H31N3O29. The van der Waals surface area contributed by atoms with Crippen LogP contribution in [0.2, 0.25) is 0 Å². The highest BCUT2D eigenvalue weighted by Gasteiger charge is 2.40. The van der Waals surface area contributed by atoms with Gasteiger partial charge in [0.15, 0.2) is 121 Å². The van der Waals surface area contributed by atoms with Gasteiger partial charge in [0.05, 0.1) is 44.2 Å². The molecule has 32 nitrogen and oxygen atoms in total. The molecule has 9 aromatic rings. The van der Waals surface area contributed by atoms with Crippen LogP contribution in [0, 0.1) is 6.92 Å². The van der Waals surface area contributed by atoms with Crippen molar-refractivity contribution in [1.29, 1.82) is 0 Å². The first-order chi connectivity index (χ1) is 36.3. The first kappa shape index (κ1) is 50.7. The van der Waals surface area contributed by atoms with E-state index in [-0.39, 0.29) is 0 Å². The molecule has 0 aliphatic heterocycles. The Kier molecular flexibility index (Phi) is 10.6. The molecule has 0 atom stereocenters. The zero-order valence-corrected chi connectivity index (χ0v) is 37.8. The number of rotatable bonds is 6. The Balaban J connectivity index is 1.41. The number of nitrogens with zero attached hydrogens (tertiary/aromatic N) is 3. The first-order valence-electron chi connectivity index (χ1n) is 20.8. The molecule has 9 rings (SSSR count). The Morgan fingerprint density at radius 1 is 0.192 bits per heavy atom. The first-order valence-corrected chi connectivity index (χ1v) is 20.8. The van der Waals surface area contributed by atoms with Gasteiger partial charge in [0.25, 0.3) is 0 Å². The van der Waals surface area contributed by atoms with Crippen LogP contribution in [0.3, 0.4) is 0 Å². The van der Waals surface area contributed by atoms with Gasteiger partial charge in [-0.15, -0.1) is 0 Å². The lowest BCUT2D eigenvalue weighted by Crippen LogP contribution is -2.02. The van der Waals surface area contributed by atoms with E-state index in [0.717, 1.165) is 6.92 Å². The third-order valence-electron chi connectivity index (χ3n) is 12.4. The summed E-state index contributed by atoms with van der Waals surface area (Å²) in [6.45, 7) is 0.958. The number of furan rings is 1. The number of phenols is 28. The molecule has 7 aromatic carbocycles. The van der Waals surface area contributed by atoms with Gasteiger partial charge < -0.3 is 147 Å². The summed E-state index contributed by atoms with van der Waals surface area (Å²) in [6, 6.07) is 0. The number of aromatic nitrogens is 3. The van der Waals surface area contributed by atoms with E-state index in [1.165, 1.54) is 0 Å². The summed E-state index contributed by atoms with van der Waals surface area (Å²) in [5.74, 6) is -49.1. The SMILES string of the molecule is Cc1c(O)c(O)c(O)c(-c2c(O)c(O)c(-c3c(O)c(O)c(O)c4c3oc3c(-c5c(O)c(O)c(O)c(-c6nc(-c7c(O)c(O)c(O)c(O)c7O)nc(-c7c(O)c(O)c(O)c(O)c7O)n6)c5O)c(O)c(O)c(O)c34)c(O)c2O)c1O. The predicted octanol–water partition coefficient (Wildman–Crippen LogP) is 3.84. The van der Waals surface area contributed by atoms with Crippen LogP contribution in [-0.4, -0.2) is 158 Å². The largest absolute Gasteiger partial charge is 0.507 e. The van der Waals surface area contributed by atoms with Crippen LogP contribution in [0.4, 0.5) is 0 Å². The van der Waals surface area contributed by atoms with E-state index in [9.17, 15) is 143 Å². The van der Waals surface area contributed by atoms with E-state index in [0.29, 0.717) is 0 Å². The van der Waals surface area contributed by atoms with E-state index in [1.807, 2.05) is 0 Å². The van der Waals surface area contributed by atoms with Gasteiger partial charge in [0.2, 0.25) is 57.5 Å². The third kappa shape index (κ3) is 6.29. The molecule has 0 aliphatic rings. The molecule has 32 heteroatoms. The fourth-order valence-corrected chi connectivity index (χ4v) is 8.49. The van der Waals surface area contributed by atoms with Crippen molar-refractivity contribution < 1.29 is 147 Å². The van der Waals surface area contributed by atoms with Crippen molar-refractivity contribution in [3.8, 4) is 229 Å². The van der Waals surface area contributed by atoms with Crippen molar-refractivity contribution in [2.75, 3.05) is 0 Å². The summed E-state index contributed by atoms with van der Waals surface area (Å²) in [7, 11) is 0. The lowest BCUT2D eigenvalue weighted by atomic mass is 9.91. The molecule has 2 heterocycles. The molecule has 0 amide bonds. The van der Waals surface area contributed by atoms with E-state index in [4.69, 9.17) is 4.42 Å². The summed E-state index contributed by atoms with van der Waals surface area (Å²) < 4.78 is 5.80. The van der Waals surface area contributed by atoms with Gasteiger partial charge >= 0.3 is 0 Å². The van der Waals surface area contributed by atoms with Crippen molar-refractivity contribution in [2.45, 2.75) is 6.92 Å². The number of phenolic OH excluding ortho intramolecular Hbond substituents is 28. The monoisotopic (exact) mass is 1090 g/mol. The van der Waals surface area contributed by atoms with Gasteiger partial charge in [-0.2, -0.15) is 0 Å². The second-order valence-corrected chi connectivity index (χ2v) is 16.6. The van der Waals surface area contributed by atoms with Gasteiger partial charge in [-0.1, -0.05) is 0 Å². The Labute approximate surface area is 424 Å². The number of hydrogen-bond acceptors (Lipinski definition) is 32. The summed E-state index contributed by atoms with van der Waals surface area (Å²) in [6.07, 6.45) is 0. The highest BCUT2D eigenvalue weighted by Crippen LogP contribution is 2.67. The van der Waals surface area contributed by atoms with E-state index in [1.54, 1.807) is 0 Å². The maximum Gasteiger partial charge on any atom is 0.208 e. The molecular weight excluding hydrogens is 1060 g/mol. The van der Waals surface area contributed by atoms with Gasteiger partial charge in [-0.25, -0.2) is 15.0 Å². The highest BCUT2D eigenvalue weighted by molar-refractivity contribution is 6.23. The lowest BCUT2D eigenvalue weighted by Gasteiger charge is -2.19. The minimum absolute atomic E-state index is 0.614. The van der Waals surface area contributed by atoms with Crippen LogP contribution in [0.15, 0.2) is 4.42 Å². The molecule has 78 heavy (non-hydrogen) atoms. The predicted molar refractivity (Wildman–Crippen MR) is 251 cm³/mol. The average Bonchev–Trinajstić information content (AvgIpc) is 3.80. The molecule has 0 fully saturated rings. The standard InChI is InChI=1S/C46H31N3O29/c1-2-14(50)3(21(57)32(68)15(2)51)4-17(53)19(55)6(20(56)18(4)54)8-24(60)35(71)26(62)10-9-25(61)34(70)23(59)7(42(9)78-43(8)10)5-16(52)11(27(63)33(69)22(5)58)44-47-45(12-28(64)36(72)40(76)37(73)29(12)65)49-46(48-44)13-30(66)38(74)41(77)39(75)31(13)67/h50-77H,1H3. The van der Waals surface area contributed by atoms with Gasteiger partial charge in [0.1, 0.15) is 28.2 Å². The Hall–Kier alpha value is -12.2. The molecule has 0 radical (unpaired) electrons. The molecule has 0 spiro atoms. The smallest absolute Gasteiger partial charge is 0.208 e. The van der Waals surface area contributed by atoms with E-state index < -0.39 is 256 Å². The van der Waals surface area contributed by atoms with E-state index in [2.05, 4.69) is 15.0 Å². The second-order valence-electron chi connectivity index (χ2n) is 16.6. The van der Waals surface area contributed by atoms with Crippen LogP contribution >= 0.6 is 0 Å². The minimum atomic E-state index is -1.82. The van der Waals surface area contributed by atoms with Crippen molar-refractivity contribution in [3.63, 3.8) is 0 Å². The number of fused-ring (bicyclic) bond motifs is 3. The highest BCUT2D eigenvalue weighted by atomic mass is 16.4. The van der Waals surface area contributed by atoms with Gasteiger partial charge in [-0.3, -0.25) is 0 Å². The molecule has 0 aliphatic carbocycles. The quantitative estimate of drug-likeness (QED) is 0.0830. The molecule has 0 unspecified atom stereocenters. The molecule has 0 saturated carbocycles. The zero-order chi connectivity index (χ0) is 57.8. The van der Waals surface area contributed by atoms with E-state index >= 15 is 0 Å². The van der Waals surface area contributed by atoms with Crippen LogP contribution in [0.1, 0.15) is 5.56 Å². The van der Waals surface area contributed by atoms with Gasteiger partial charge in [0, 0.05) is 5.56 Å². The maximum atomic E-state index is 12.1. The van der Waals surface area contributed by atoms with Crippen molar-refractivity contribution >= 4 is 21.9 Å². The molecule has 404 valence electrons. The van der Waals surface area contributed by atoms with Crippen molar-refractivity contribution in [1.82, 2.24) is 15.0 Å². The number of hydrogen-bond donors (Lipinski definition) is 28. The number of aromatic hydroxyl groups is 28. The van der Waals surface area contributed by atoms with Crippen LogP contribution < -0.4 is 0 Å². The summed E-state index contributed by atoms with van der Waals surface area (Å²) in [5, 5.41) is 304. The summed E-state index contributed by atoms with van der Waals surface area (Å²) in [5.41, 5.74) is -15.5. The van der Waals surface area contributed by atoms with Crippen LogP contribution in [0.25, 0.3) is 89.5 Å². The normalized spacial score (nSPS) is 11.6. The van der Waals surface area contributed by atoms with Gasteiger partial charge in [-0.05, 0) is 6.92 Å². The Morgan fingerprint density at radius 2 is 0.385 bits per heavy atom. The summed E-state index contributed by atoms with van der Waals surface area (Å²) >= 11 is 0. The lowest BCUT2D eigenvalue weighted by molar-refractivity contribution is 0.329. The fraction of sp³-hybridized carbons (Fsp3) is 0.0217. The second kappa shape index (κ2) is 16.4. The zero-order valence-electron chi connectivity index (χ0n) is 37.8. The molecule has 0 bridgehead atoms. The topological polar surface area (TPSA) is 618 Å². The third-order valence-corrected chi connectivity index (χ3v) is 12.4. The van der Waals surface area contributed by atoms with Crippen molar-refractivity contribution in [2.24, 2.45) is 0 Å². The summed E-state index contributed by atoms with van der Waals surface area (Å²) in [4.78, 5) is 11.3. The molecule has 0 saturated heterocycles. The Morgan fingerprint density at radius 3 is 0.718 bits per heavy atom. The fourth-order valence-electron chi connectivity index (χ4n) is 8.49. The Bertz CT molecular complexity index is 4060.